The fraction of sp³-hybridized carbons (Fsp3) is 0.833. The Morgan fingerprint density at radius 1 is 1.06 bits per heavy atom. The van der Waals surface area contributed by atoms with Crippen LogP contribution in [0.1, 0.15) is 53.4 Å². The highest BCUT2D eigenvalue weighted by molar-refractivity contribution is 5.65. The number of hydrogen-bond donors (Lipinski definition) is 2. The summed E-state index contributed by atoms with van der Waals surface area (Å²) in [5.74, 6) is -1.02. The number of carboxylic acid groups (broad SMARTS) is 1. The van der Waals surface area contributed by atoms with Crippen molar-refractivity contribution in [2.75, 3.05) is 13.2 Å². The second-order valence-corrected chi connectivity index (χ2v) is 3.29. The quantitative estimate of drug-likeness (QED) is 0.577. The summed E-state index contributed by atoms with van der Waals surface area (Å²) in [5.41, 5.74) is 0. The summed E-state index contributed by atoms with van der Waals surface area (Å²) >= 11 is 0. The van der Waals surface area contributed by atoms with Crippen LogP contribution in [0, 0.1) is 0 Å². The molecule has 0 atom stereocenters. The number of aliphatic hydroxyl groups is 1. The molecular formula is C12H28O6. The molecule has 0 aromatic carbocycles. The van der Waals surface area contributed by atoms with Crippen LogP contribution in [0.5, 0.6) is 0 Å². The first kappa shape index (κ1) is 25.6. The Morgan fingerprint density at radius 2 is 1.44 bits per heavy atom. The molecule has 0 saturated carbocycles. The largest absolute Gasteiger partial charge is 0.481 e. The number of hydrogen-bond acceptors (Lipinski definition) is 4. The van der Waals surface area contributed by atoms with Crippen LogP contribution in [0.4, 0.5) is 0 Å². The number of aliphatic hydroxyl groups excluding tert-OH is 1. The van der Waals surface area contributed by atoms with Gasteiger partial charge in [-0.15, -0.1) is 0 Å². The third-order valence-corrected chi connectivity index (χ3v) is 1.31. The average Bonchev–Trinajstić information content (AvgIpc) is 2.19. The van der Waals surface area contributed by atoms with Crippen molar-refractivity contribution in [3.63, 3.8) is 0 Å². The first-order chi connectivity index (χ1) is 7.92. The summed E-state index contributed by atoms with van der Waals surface area (Å²) in [4.78, 5) is 19.1. The number of rotatable bonds is 5. The maximum absolute atomic E-state index is 10.1. The average molecular weight is 268 g/mol. The summed E-state index contributed by atoms with van der Waals surface area (Å²) < 4.78 is 4.64. The number of carbonyl (C=O) groups excluding carboxylic acids is 1. The van der Waals surface area contributed by atoms with Crippen molar-refractivity contribution in [2.24, 2.45) is 0 Å². The lowest BCUT2D eigenvalue weighted by Gasteiger charge is -1.96. The number of carboxylic acids is 1. The van der Waals surface area contributed by atoms with E-state index in [1.54, 1.807) is 0 Å². The maximum atomic E-state index is 10.1. The van der Waals surface area contributed by atoms with Gasteiger partial charge in [0.1, 0.15) is 0 Å². The SMILES string of the molecule is CC(=O)O.CCCCO.CCCCOC(C)=O.O. The molecule has 0 aromatic heterocycles. The summed E-state index contributed by atoms with van der Waals surface area (Å²) in [6, 6.07) is 0. The summed E-state index contributed by atoms with van der Waals surface area (Å²) in [6.45, 7) is 7.54. The van der Waals surface area contributed by atoms with Crippen LogP contribution in [-0.2, 0) is 14.3 Å². The monoisotopic (exact) mass is 268 g/mol. The minimum Gasteiger partial charge on any atom is -0.481 e. The maximum Gasteiger partial charge on any atom is 0.302 e. The van der Waals surface area contributed by atoms with Gasteiger partial charge in [0.15, 0.2) is 0 Å². The molecule has 18 heavy (non-hydrogen) atoms. The predicted octanol–water partition coefficient (Wildman–Crippen LogP) is 1.39. The second-order valence-electron chi connectivity index (χ2n) is 3.29. The molecule has 0 radical (unpaired) electrons. The van der Waals surface area contributed by atoms with E-state index >= 15 is 0 Å². The Balaban J connectivity index is -0.0000000855. The molecule has 0 amide bonds. The number of aliphatic carboxylic acids is 1. The molecule has 6 nitrogen and oxygen atoms in total. The van der Waals surface area contributed by atoms with E-state index in [1.165, 1.54) is 6.92 Å². The number of carbonyl (C=O) groups is 2. The number of unbranched alkanes of at least 4 members (excludes halogenated alkanes) is 2. The third-order valence-electron chi connectivity index (χ3n) is 1.31. The zero-order chi connectivity index (χ0) is 14.1. The van der Waals surface area contributed by atoms with Gasteiger partial charge in [-0.2, -0.15) is 0 Å². The number of ether oxygens (including phenoxy) is 1. The van der Waals surface area contributed by atoms with E-state index in [-0.39, 0.29) is 11.4 Å². The fourth-order valence-electron chi connectivity index (χ4n) is 0.518. The topological polar surface area (TPSA) is 115 Å². The van der Waals surface area contributed by atoms with Gasteiger partial charge in [-0.05, 0) is 12.8 Å². The molecule has 6 heteroatoms. The molecule has 0 heterocycles. The first-order valence-electron chi connectivity index (χ1n) is 5.86. The van der Waals surface area contributed by atoms with Crippen LogP contribution >= 0.6 is 0 Å². The van der Waals surface area contributed by atoms with Gasteiger partial charge in [0.2, 0.25) is 0 Å². The van der Waals surface area contributed by atoms with Gasteiger partial charge in [0.25, 0.3) is 5.97 Å². The van der Waals surface area contributed by atoms with Crippen molar-refractivity contribution in [2.45, 2.75) is 53.4 Å². The summed E-state index contributed by atoms with van der Waals surface area (Å²) in [5, 5.41) is 15.5. The van der Waals surface area contributed by atoms with Crippen molar-refractivity contribution in [1.82, 2.24) is 0 Å². The van der Waals surface area contributed by atoms with Gasteiger partial charge < -0.3 is 20.4 Å². The van der Waals surface area contributed by atoms with Crippen LogP contribution in [0.3, 0.4) is 0 Å². The minimum atomic E-state index is -0.833. The number of esters is 1. The predicted molar refractivity (Wildman–Crippen MR) is 70.5 cm³/mol. The molecule has 0 bridgehead atoms. The molecule has 0 spiro atoms. The summed E-state index contributed by atoms with van der Waals surface area (Å²) in [6.07, 6.45) is 4.09. The molecular weight excluding hydrogens is 240 g/mol. The Bertz CT molecular complexity index is 164. The highest BCUT2D eigenvalue weighted by Gasteiger charge is 1.88. The standard InChI is InChI=1S/C6H12O2.C4H10O.C2H4O2.H2O/c1-3-4-5-8-6(2)7;1-2-3-4-5;1-2(3)4;/h3-5H2,1-2H3;5H,2-4H2,1H3;1H3,(H,3,4);1H2. The van der Waals surface area contributed by atoms with Gasteiger partial charge in [-0.1, -0.05) is 26.7 Å². The van der Waals surface area contributed by atoms with E-state index in [9.17, 15) is 4.79 Å². The zero-order valence-corrected chi connectivity index (χ0v) is 11.9. The van der Waals surface area contributed by atoms with Crippen LogP contribution in [0.25, 0.3) is 0 Å². The molecule has 0 aromatic rings. The van der Waals surface area contributed by atoms with E-state index in [4.69, 9.17) is 15.0 Å². The molecule has 0 unspecified atom stereocenters. The van der Waals surface area contributed by atoms with E-state index in [0.717, 1.165) is 32.6 Å². The summed E-state index contributed by atoms with van der Waals surface area (Å²) in [7, 11) is 0. The van der Waals surface area contributed by atoms with Crippen LogP contribution < -0.4 is 0 Å². The molecule has 0 fully saturated rings. The smallest absolute Gasteiger partial charge is 0.302 e. The van der Waals surface area contributed by atoms with E-state index < -0.39 is 5.97 Å². The minimum absolute atomic E-state index is 0. The van der Waals surface area contributed by atoms with E-state index in [0.29, 0.717) is 13.2 Å². The zero-order valence-electron chi connectivity index (χ0n) is 11.9. The van der Waals surface area contributed by atoms with Crippen molar-refractivity contribution < 1.29 is 30.0 Å². The fourth-order valence-corrected chi connectivity index (χ4v) is 0.518. The molecule has 0 aliphatic heterocycles. The van der Waals surface area contributed by atoms with E-state index in [1.807, 2.05) is 0 Å². The molecule has 4 N–H and O–H groups in total. The van der Waals surface area contributed by atoms with Crippen molar-refractivity contribution >= 4 is 11.9 Å². The Hall–Kier alpha value is -1.14. The van der Waals surface area contributed by atoms with E-state index in [2.05, 4.69) is 18.6 Å². The van der Waals surface area contributed by atoms with Gasteiger partial charge in [0, 0.05) is 20.5 Å². The molecule has 0 aliphatic carbocycles. The first-order valence-corrected chi connectivity index (χ1v) is 5.86. The van der Waals surface area contributed by atoms with Crippen LogP contribution in [0.2, 0.25) is 0 Å². The Labute approximate surface area is 109 Å². The van der Waals surface area contributed by atoms with Crippen molar-refractivity contribution in [1.29, 1.82) is 0 Å². The Morgan fingerprint density at radius 3 is 1.61 bits per heavy atom. The molecule has 0 saturated heterocycles. The van der Waals surface area contributed by atoms with Gasteiger partial charge in [-0.25, -0.2) is 0 Å². The van der Waals surface area contributed by atoms with Crippen LogP contribution in [-0.4, -0.2) is 40.8 Å². The molecule has 0 rings (SSSR count). The highest BCUT2D eigenvalue weighted by atomic mass is 16.5. The van der Waals surface area contributed by atoms with Crippen molar-refractivity contribution in [3.05, 3.63) is 0 Å². The van der Waals surface area contributed by atoms with Gasteiger partial charge >= 0.3 is 5.97 Å². The molecule has 112 valence electrons. The second kappa shape index (κ2) is 24.9. The Kier molecular flexibility index (Phi) is 35.5. The normalized spacial score (nSPS) is 7.61. The third kappa shape index (κ3) is 83.1. The van der Waals surface area contributed by atoms with Crippen LogP contribution in [0.15, 0.2) is 0 Å². The van der Waals surface area contributed by atoms with Crippen molar-refractivity contribution in [3.8, 4) is 0 Å². The lowest BCUT2D eigenvalue weighted by molar-refractivity contribution is -0.141. The van der Waals surface area contributed by atoms with Gasteiger partial charge in [0.05, 0.1) is 6.61 Å². The lowest BCUT2D eigenvalue weighted by atomic mass is 10.4. The van der Waals surface area contributed by atoms with Gasteiger partial charge in [-0.3, -0.25) is 9.59 Å². The highest BCUT2D eigenvalue weighted by Crippen LogP contribution is 1.86. The molecule has 0 aliphatic rings. The lowest BCUT2D eigenvalue weighted by Crippen LogP contribution is -1.99.